The largest absolute Gasteiger partial charge is 0.394 e. The minimum Gasteiger partial charge on any atom is -0.394 e. The van der Waals surface area contributed by atoms with E-state index in [0.717, 1.165) is 22.4 Å². The Morgan fingerprint density at radius 3 is 2.31 bits per heavy atom. The van der Waals surface area contributed by atoms with Crippen molar-refractivity contribution < 1.29 is 24.2 Å². The first-order valence-corrected chi connectivity index (χ1v) is 16.1. The molecule has 3 saturated heterocycles. The molecule has 3 aliphatic heterocycles. The average molecular weight is 614 g/mol. The van der Waals surface area contributed by atoms with Crippen LogP contribution in [-0.2, 0) is 25.7 Å². The number of likely N-dealkylation sites (tertiary alicyclic amines) is 1. The van der Waals surface area contributed by atoms with Crippen molar-refractivity contribution in [2.24, 2.45) is 17.8 Å². The molecule has 3 amide bonds. The lowest BCUT2D eigenvalue weighted by molar-refractivity contribution is -0.148. The van der Waals surface area contributed by atoms with Gasteiger partial charge in [-0.3, -0.25) is 14.4 Å². The molecule has 3 heterocycles. The summed E-state index contributed by atoms with van der Waals surface area (Å²) in [6.45, 7) is 16.5. The number of amides is 3. The highest BCUT2D eigenvalue weighted by Crippen LogP contribution is 2.59. The molecule has 5 rings (SSSR count). The van der Waals surface area contributed by atoms with Gasteiger partial charge in [-0.1, -0.05) is 74.5 Å². The summed E-state index contributed by atoms with van der Waals surface area (Å²) in [6, 6.07) is 14.0. The first-order valence-electron chi connectivity index (χ1n) is 16.1. The van der Waals surface area contributed by atoms with Gasteiger partial charge in [0, 0.05) is 25.3 Å². The number of hydrogen-bond donors (Lipinski definition) is 1. The Labute approximate surface area is 267 Å². The second-order valence-corrected chi connectivity index (χ2v) is 13.2. The van der Waals surface area contributed by atoms with Crippen LogP contribution < -0.4 is 4.90 Å². The van der Waals surface area contributed by atoms with Crippen LogP contribution in [0, 0.1) is 31.6 Å². The van der Waals surface area contributed by atoms with Gasteiger partial charge in [0.1, 0.15) is 11.6 Å². The number of anilines is 1. The molecule has 1 spiro atoms. The molecule has 45 heavy (non-hydrogen) atoms. The minimum atomic E-state index is -1.17. The maximum Gasteiger partial charge on any atom is 0.253 e. The van der Waals surface area contributed by atoms with Crippen LogP contribution in [-0.4, -0.2) is 76.1 Å². The minimum absolute atomic E-state index is 0.162. The molecule has 0 aliphatic carbocycles. The van der Waals surface area contributed by atoms with Crippen LogP contribution in [0.3, 0.4) is 0 Å². The van der Waals surface area contributed by atoms with E-state index in [1.807, 2.05) is 76.2 Å². The first-order chi connectivity index (χ1) is 21.6. The molecule has 8 nitrogen and oxygen atoms in total. The van der Waals surface area contributed by atoms with Crippen LogP contribution in [0.4, 0.5) is 5.69 Å². The summed E-state index contributed by atoms with van der Waals surface area (Å²) in [6.07, 6.45) is 4.48. The van der Waals surface area contributed by atoms with Gasteiger partial charge in [-0.15, -0.1) is 13.2 Å². The number of carbonyl (C=O) groups is 3. The Bertz CT molecular complexity index is 1420. The summed E-state index contributed by atoms with van der Waals surface area (Å²) in [7, 11) is 0. The summed E-state index contributed by atoms with van der Waals surface area (Å²) in [4.78, 5) is 49.2. The summed E-state index contributed by atoms with van der Waals surface area (Å²) >= 11 is 0. The third kappa shape index (κ3) is 5.74. The number of nitrogens with zero attached hydrogens (tertiary/aromatic N) is 3. The topological polar surface area (TPSA) is 90.4 Å². The van der Waals surface area contributed by atoms with Crippen LogP contribution in [0.1, 0.15) is 49.8 Å². The molecular weight excluding hydrogens is 566 g/mol. The lowest BCUT2D eigenvalue weighted by Crippen LogP contribution is -2.59. The van der Waals surface area contributed by atoms with E-state index in [1.165, 1.54) is 0 Å². The van der Waals surface area contributed by atoms with Crippen molar-refractivity contribution in [2.45, 2.75) is 77.3 Å². The molecule has 2 unspecified atom stereocenters. The van der Waals surface area contributed by atoms with Gasteiger partial charge in [0.15, 0.2) is 0 Å². The molecule has 2 bridgehead atoms. The van der Waals surface area contributed by atoms with Gasteiger partial charge in [0.2, 0.25) is 11.8 Å². The molecule has 3 fully saturated rings. The van der Waals surface area contributed by atoms with Gasteiger partial charge in [-0.05, 0) is 55.7 Å². The van der Waals surface area contributed by atoms with Crippen molar-refractivity contribution in [1.82, 2.24) is 9.80 Å². The Morgan fingerprint density at radius 1 is 1.04 bits per heavy atom. The standard InChI is InChI=1S/C37H47N3O5/c1-7-19-38(22-27-15-10-9-11-16-27)34(42)30-29-17-18-37(45-29)31(30)35(43)40(28(23-41)21-24(3)4)33(37)36(44)39(20-8-2)32-25(5)13-12-14-26(32)6/h7-16,24,28-31,33,41H,1-2,17-23H2,3-6H3/t28-,29+,30-,31+,33?,37?/m1/s1. The van der Waals surface area contributed by atoms with Crippen LogP contribution in [0.25, 0.3) is 0 Å². The third-order valence-electron chi connectivity index (χ3n) is 9.77. The average Bonchev–Trinajstić information content (AvgIpc) is 3.66. The van der Waals surface area contributed by atoms with E-state index in [2.05, 4.69) is 13.2 Å². The third-order valence-corrected chi connectivity index (χ3v) is 9.77. The molecule has 2 aromatic rings. The summed E-state index contributed by atoms with van der Waals surface area (Å²) in [5.74, 6) is -2.13. The molecule has 240 valence electrons. The van der Waals surface area contributed by atoms with Crippen LogP contribution in [0.2, 0.25) is 0 Å². The predicted molar refractivity (Wildman–Crippen MR) is 175 cm³/mol. The van der Waals surface area contributed by atoms with Crippen LogP contribution in [0.5, 0.6) is 0 Å². The van der Waals surface area contributed by atoms with Crippen molar-refractivity contribution in [3.05, 3.63) is 90.5 Å². The van der Waals surface area contributed by atoms with E-state index < -0.39 is 35.6 Å². The van der Waals surface area contributed by atoms with E-state index in [4.69, 9.17) is 4.74 Å². The molecule has 3 aliphatic rings. The predicted octanol–water partition coefficient (Wildman–Crippen LogP) is 4.82. The smallest absolute Gasteiger partial charge is 0.253 e. The van der Waals surface area contributed by atoms with Gasteiger partial charge in [-0.2, -0.15) is 0 Å². The van der Waals surface area contributed by atoms with Crippen molar-refractivity contribution in [1.29, 1.82) is 0 Å². The number of benzene rings is 2. The van der Waals surface area contributed by atoms with Crippen LogP contribution in [0.15, 0.2) is 73.8 Å². The second kappa shape index (κ2) is 13.3. The zero-order valence-electron chi connectivity index (χ0n) is 27.0. The summed E-state index contributed by atoms with van der Waals surface area (Å²) in [5, 5.41) is 10.7. The molecule has 6 atom stereocenters. The molecular formula is C37H47N3O5. The maximum absolute atomic E-state index is 15.0. The van der Waals surface area contributed by atoms with Gasteiger partial charge in [-0.25, -0.2) is 0 Å². The molecule has 0 aromatic heterocycles. The number of para-hydroxylation sites is 1. The Balaban J connectivity index is 1.60. The number of fused-ring (bicyclic) bond motifs is 1. The Kier molecular flexibility index (Phi) is 9.65. The highest BCUT2D eigenvalue weighted by molar-refractivity contribution is 6.05. The molecule has 0 saturated carbocycles. The van der Waals surface area contributed by atoms with Gasteiger partial charge in [0.05, 0.1) is 30.6 Å². The second-order valence-electron chi connectivity index (χ2n) is 13.2. The van der Waals surface area contributed by atoms with Crippen molar-refractivity contribution in [2.75, 3.05) is 24.6 Å². The molecule has 0 radical (unpaired) electrons. The van der Waals surface area contributed by atoms with Crippen molar-refractivity contribution in [3.8, 4) is 0 Å². The van der Waals surface area contributed by atoms with Crippen molar-refractivity contribution >= 4 is 23.4 Å². The van der Waals surface area contributed by atoms with Gasteiger partial charge >= 0.3 is 0 Å². The highest BCUT2D eigenvalue weighted by atomic mass is 16.5. The van der Waals surface area contributed by atoms with Crippen LogP contribution >= 0.6 is 0 Å². The number of aliphatic hydroxyl groups is 1. The zero-order chi connectivity index (χ0) is 32.5. The molecule has 1 N–H and O–H groups in total. The van der Waals surface area contributed by atoms with Gasteiger partial charge < -0.3 is 24.5 Å². The Hall–Kier alpha value is -3.75. The lowest BCUT2D eigenvalue weighted by atomic mass is 9.70. The van der Waals surface area contributed by atoms with E-state index in [1.54, 1.807) is 26.9 Å². The number of ether oxygens (including phenoxy) is 1. The van der Waals surface area contributed by atoms with E-state index in [0.29, 0.717) is 32.4 Å². The fourth-order valence-electron chi connectivity index (χ4n) is 8.07. The Morgan fingerprint density at radius 2 is 1.71 bits per heavy atom. The lowest BCUT2D eigenvalue weighted by Gasteiger charge is -2.40. The zero-order valence-corrected chi connectivity index (χ0v) is 27.0. The number of aliphatic hydroxyl groups excluding tert-OH is 1. The fraction of sp³-hybridized carbons (Fsp3) is 0.486. The monoisotopic (exact) mass is 613 g/mol. The van der Waals surface area contributed by atoms with E-state index in [-0.39, 0.29) is 36.8 Å². The molecule has 2 aromatic carbocycles. The van der Waals surface area contributed by atoms with Gasteiger partial charge in [0.25, 0.3) is 5.91 Å². The summed E-state index contributed by atoms with van der Waals surface area (Å²) in [5.41, 5.74) is 2.44. The number of carbonyl (C=O) groups excluding carboxylic acids is 3. The summed E-state index contributed by atoms with van der Waals surface area (Å²) < 4.78 is 6.76. The number of hydrogen-bond acceptors (Lipinski definition) is 5. The highest BCUT2D eigenvalue weighted by Gasteiger charge is 2.75. The number of rotatable bonds is 13. The van der Waals surface area contributed by atoms with E-state index in [9.17, 15) is 19.5 Å². The SMILES string of the molecule is C=CCN(Cc1ccccc1)C(=O)[C@@H]1[C@@H]2CCC3(O2)C(C(=O)N(CC=C)c2c(C)cccc2C)N([C@@H](CO)CC(C)C)C(=O)[C@H]13. The number of aryl methyl sites for hydroxylation is 2. The quantitative estimate of drug-likeness (QED) is 0.328. The van der Waals surface area contributed by atoms with Crippen molar-refractivity contribution in [3.63, 3.8) is 0 Å². The molecule has 8 heteroatoms. The first kappa shape index (κ1) is 32.6. The normalized spacial score (nSPS) is 25.7. The maximum atomic E-state index is 15.0. The van der Waals surface area contributed by atoms with E-state index >= 15 is 0 Å². The fourth-order valence-corrected chi connectivity index (χ4v) is 8.07.